The standard InChI is InChI=1S/C13H14BrFO2/c14-11-7-10(15)5-6-13(11)17-8-12(16)9-3-1-2-4-9/h5-7,9H,1-4,8H2. The van der Waals surface area contributed by atoms with Gasteiger partial charge in [-0.15, -0.1) is 0 Å². The second-order valence-electron chi connectivity index (χ2n) is 4.31. The number of Topliss-reactive ketones (excluding diaryl/α,β-unsaturated/α-hetero) is 1. The lowest BCUT2D eigenvalue weighted by molar-refractivity contribution is -0.124. The Morgan fingerprint density at radius 1 is 1.41 bits per heavy atom. The molecule has 0 aromatic heterocycles. The Bertz CT molecular complexity index is 414. The number of ketones is 1. The normalized spacial score (nSPS) is 16.1. The van der Waals surface area contributed by atoms with Crippen LogP contribution in [-0.2, 0) is 4.79 Å². The molecule has 0 amide bonds. The van der Waals surface area contributed by atoms with Crippen LogP contribution in [0, 0.1) is 11.7 Å². The Hall–Kier alpha value is -0.900. The molecule has 0 unspecified atom stereocenters. The van der Waals surface area contributed by atoms with Gasteiger partial charge in [0.25, 0.3) is 0 Å². The van der Waals surface area contributed by atoms with Crippen LogP contribution in [-0.4, -0.2) is 12.4 Å². The maximum Gasteiger partial charge on any atom is 0.173 e. The number of hydrogen-bond donors (Lipinski definition) is 0. The molecule has 0 bridgehead atoms. The van der Waals surface area contributed by atoms with E-state index in [4.69, 9.17) is 4.74 Å². The van der Waals surface area contributed by atoms with Crippen LogP contribution in [0.4, 0.5) is 4.39 Å². The number of carbonyl (C=O) groups excluding carboxylic acids is 1. The first-order valence-corrected chi connectivity index (χ1v) is 6.56. The van der Waals surface area contributed by atoms with E-state index in [1.807, 2.05) is 0 Å². The van der Waals surface area contributed by atoms with Crippen LogP contribution < -0.4 is 4.74 Å². The minimum absolute atomic E-state index is 0.0783. The molecule has 0 heterocycles. The zero-order chi connectivity index (χ0) is 12.3. The molecule has 1 aliphatic carbocycles. The first-order valence-electron chi connectivity index (χ1n) is 5.77. The summed E-state index contributed by atoms with van der Waals surface area (Å²) < 4.78 is 18.8. The Labute approximate surface area is 108 Å². The SMILES string of the molecule is O=C(COc1ccc(F)cc1Br)C1CCCC1. The predicted octanol–water partition coefficient (Wildman–Crippen LogP) is 3.73. The second-order valence-corrected chi connectivity index (χ2v) is 5.17. The molecule has 0 aliphatic heterocycles. The summed E-state index contributed by atoms with van der Waals surface area (Å²) in [6, 6.07) is 4.18. The highest BCUT2D eigenvalue weighted by atomic mass is 79.9. The molecule has 0 atom stereocenters. The third kappa shape index (κ3) is 3.28. The van der Waals surface area contributed by atoms with E-state index in [1.165, 1.54) is 18.2 Å². The van der Waals surface area contributed by atoms with E-state index in [0.29, 0.717) is 10.2 Å². The van der Waals surface area contributed by atoms with Crippen LogP contribution in [0.3, 0.4) is 0 Å². The number of ether oxygens (including phenoxy) is 1. The first kappa shape index (κ1) is 12.6. The van der Waals surface area contributed by atoms with Crippen LogP contribution in [0.25, 0.3) is 0 Å². The number of halogens is 2. The van der Waals surface area contributed by atoms with E-state index >= 15 is 0 Å². The molecule has 17 heavy (non-hydrogen) atoms. The van der Waals surface area contributed by atoms with Gasteiger partial charge in [0.1, 0.15) is 18.2 Å². The van der Waals surface area contributed by atoms with E-state index in [2.05, 4.69) is 15.9 Å². The maximum absolute atomic E-state index is 12.8. The summed E-state index contributed by atoms with van der Waals surface area (Å²) >= 11 is 3.20. The predicted molar refractivity (Wildman–Crippen MR) is 66.6 cm³/mol. The van der Waals surface area contributed by atoms with E-state index in [-0.39, 0.29) is 24.1 Å². The van der Waals surface area contributed by atoms with Crippen molar-refractivity contribution in [3.63, 3.8) is 0 Å². The Morgan fingerprint density at radius 2 is 2.12 bits per heavy atom. The van der Waals surface area contributed by atoms with Crippen molar-refractivity contribution >= 4 is 21.7 Å². The number of carbonyl (C=O) groups is 1. The highest BCUT2D eigenvalue weighted by Gasteiger charge is 2.22. The lowest BCUT2D eigenvalue weighted by Crippen LogP contribution is -2.19. The minimum atomic E-state index is -0.327. The van der Waals surface area contributed by atoms with Gasteiger partial charge in [-0.05, 0) is 47.0 Å². The number of benzene rings is 1. The van der Waals surface area contributed by atoms with Gasteiger partial charge in [-0.2, -0.15) is 0 Å². The molecule has 1 fully saturated rings. The first-order chi connectivity index (χ1) is 8.16. The largest absolute Gasteiger partial charge is 0.485 e. The van der Waals surface area contributed by atoms with Crippen LogP contribution in [0.15, 0.2) is 22.7 Å². The minimum Gasteiger partial charge on any atom is -0.485 e. The Balaban J connectivity index is 1.90. The number of hydrogen-bond acceptors (Lipinski definition) is 2. The highest BCUT2D eigenvalue weighted by molar-refractivity contribution is 9.10. The summed E-state index contributed by atoms with van der Waals surface area (Å²) in [5.74, 6) is 0.497. The Kier molecular flexibility index (Phi) is 4.15. The molecule has 2 nitrogen and oxygen atoms in total. The number of rotatable bonds is 4. The fourth-order valence-corrected chi connectivity index (χ4v) is 2.57. The van der Waals surface area contributed by atoms with Gasteiger partial charge in [0.2, 0.25) is 0 Å². The molecule has 1 aliphatic rings. The summed E-state index contributed by atoms with van der Waals surface area (Å²) in [6.07, 6.45) is 4.23. The molecule has 0 radical (unpaired) electrons. The van der Waals surface area contributed by atoms with E-state index in [1.54, 1.807) is 0 Å². The fraction of sp³-hybridized carbons (Fsp3) is 0.462. The molecular formula is C13H14BrFO2. The van der Waals surface area contributed by atoms with Gasteiger partial charge in [-0.25, -0.2) is 4.39 Å². The van der Waals surface area contributed by atoms with Crippen molar-refractivity contribution in [1.29, 1.82) is 0 Å². The van der Waals surface area contributed by atoms with Gasteiger partial charge in [0, 0.05) is 5.92 Å². The highest BCUT2D eigenvalue weighted by Crippen LogP contribution is 2.28. The average molecular weight is 301 g/mol. The third-order valence-electron chi connectivity index (χ3n) is 3.07. The smallest absolute Gasteiger partial charge is 0.173 e. The van der Waals surface area contributed by atoms with Crippen LogP contribution in [0.1, 0.15) is 25.7 Å². The quantitative estimate of drug-likeness (QED) is 0.847. The van der Waals surface area contributed by atoms with Crippen LogP contribution in [0.5, 0.6) is 5.75 Å². The third-order valence-corrected chi connectivity index (χ3v) is 3.69. The van der Waals surface area contributed by atoms with Crippen molar-refractivity contribution in [1.82, 2.24) is 0 Å². The zero-order valence-electron chi connectivity index (χ0n) is 9.42. The van der Waals surface area contributed by atoms with Crippen molar-refractivity contribution in [2.24, 2.45) is 5.92 Å². The lowest BCUT2D eigenvalue weighted by Gasteiger charge is -2.10. The van der Waals surface area contributed by atoms with Gasteiger partial charge in [0.15, 0.2) is 5.78 Å². The molecule has 1 aromatic carbocycles. The van der Waals surface area contributed by atoms with Crippen molar-refractivity contribution in [2.45, 2.75) is 25.7 Å². The Morgan fingerprint density at radius 3 is 2.76 bits per heavy atom. The van der Waals surface area contributed by atoms with Gasteiger partial charge >= 0.3 is 0 Å². The molecule has 0 N–H and O–H groups in total. The van der Waals surface area contributed by atoms with Crippen LogP contribution >= 0.6 is 15.9 Å². The maximum atomic E-state index is 12.8. The molecule has 92 valence electrons. The van der Waals surface area contributed by atoms with E-state index < -0.39 is 0 Å². The molecule has 1 aromatic rings. The molecule has 0 saturated heterocycles. The average Bonchev–Trinajstić information content (AvgIpc) is 2.81. The molecule has 1 saturated carbocycles. The topological polar surface area (TPSA) is 26.3 Å². The summed E-state index contributed by atoms with van der Waals surface area (Å²) in [5, 5.41) is 0. The molecule has 4 heteroatoms. The monoisotopic (exact) mass is 300 g/mol. The van der Waals surface area contributed by atoms with Gasteiger partial charge in [-0.3, -0.25) is 4.79 Å². The molecule has 0 spiro atoms. The van der Waals surface area contributed by atoms with E-state index in [0.717, 1.165) is 25.7 Å². The molecule has 2 rings (SSSR count). The van der Waals surface area contributed by atoms with Crippen LogP contribution in [0.2, 0.25) is 0 Å². The second kappa shape index (κ2) is 5.63. The summed E-state index contributed by atoms with van der Waals surface area (Å²) in [4.78, 5) is 11.8. The van der Waals surface area contributed by atoms with Crippen molar-refractivity contribution < 1.29 is 13.9 Å². The van der Waals surface area contributed by atoms with Gasteiger partial charge in [-0.1, -0.05) is 12.8 Å². The fourth-order valence-electron chi connectivity index (χ4n) is 2.11. The van der Waals surface area contributed by atoms with Gasteiger partial charge in [0.05, 0.1) is 4.47 Å². The molecular weight excluding hydrogens is 287 g/mol. The summed E-state index contributed by atoms with van der Waals surface area (Å²) in [5.41, 5.74) is 0. The van der Waals surface area contributed by atoms with Gasteiger partial charge < -0.3 is 4.74 Å². The van der Waals surface area contributed by atoms with E-state index in [9.17, 15) is 9.18 Å². The summed E-state index contributed by atoms with van der Waals surface area (Å²) in [6.45, 7) is 0.0783. The van der Waals surface area contributed by atoms with Crippen molar-refractivity contribution in [3.8, 4) is 5.75 Å². The zero-order valence-corrected chi connectivity index (χ0v) is 11.0. The van der Waals surface area contributed by atoms with Crippen molar-refractivity contribution in [3.05, 3.63) is 28.5 Å². The summed E-state index contributed by atoms with van der Waals surface area (Å²) in [7, 11) is 0. The van der Waals surface area contributed by atoms with Crippen molar-refractivity contribution in [2.75, 3.05) is 6.61 Å². The lowest BCUT2D eigenvalue weighted by atomic mass is 10.0.